The monoisotopic (exact) mass is 453 g/mol. The molecule has 5 rings (SSSR count). The molecule has 2 heterocycles. The van der Waals surface area contributed by atoms with Crippen molar-refractivity contribution in [2.45, 2.75) is 57.8 Å². The third kappa shape index (κ3) is 4.62. The summed E-state index contributed by atoms with van der Waals surface area (Å²) in [6.45, 7) is 2.62. The lowest BCUT2D eigenvalue weighted by atomic mass is 9.99. The standard InChI is InChI=1S/C29H31N3O2/c1-2-3-8-20-9-7-12-22(17-20)23-13-15-25-26(18-23)31-29(30)32(28(25)33)19-24-14-16-27(34-24)21-10-5-4-6-11-21/h4-7,9-13,15,17-18,24,27H,2-3,8,14,16,19H2,1H3,(H2,30,31)/t24-,27+/m0/s1. The first-order chi connectivity index (χ1) is 16.6. The van der Waals surface area contributed by atoms with Crippen LogP contribution in [0.15, 0.2) is 77.6 Å². The van der Waals surface area contributed by atoms with Gasteiger partial charge in [0, 0.05) is 0 Å². The Morgan fingerprint density at radius 1 is 1.00 bits per heavy atom. The Bertz CT molecular complexity index is 1350. The fourth-order valence-corrected chi connectivity index (χ4v) is 4.84. The van der Waals surface area contributed by atoms with Gasteiger partial charge in [0.25, 0.3) is 5.56 Å². The first kappa shape index (κ1) is 22.4. The van der Waals surface area contributed by atoms with Crippen molar-refractivity contribution < 1.29 is 4.74 Å². The molecule has 3 aromatic carbocycles. The SMILES string of the molecule is CCCCc1cccc(-c2ccc3c(=O)n(C[C@@H]4CC[C@H](c5ccccc5)O4)c(N)nc3c2)c1. The minimum atomic E-state index is -0.113. The van der Waals surface area contributed by atoms with Crippen LogP contribution in [0.25, 0.3) is 22.0 Å². The molecule has 4 aromatic rings. The smallest absolute Gasteiger partial charge is 0.262 e. The Kier molecular flexibility index (Phi) is 6.45. The quantitative estimate of drug-likeness (QED) is 0.378. The van der Waals surface area contributed by atoms with Crippen molar-refractivity contribution in [3.63, 3.8) is 0 Å². The number of aromatic nitrogens is 2. The third-order valence-corrected chi connectivity index (χ3v) is 6.73. The van der Waals surface area contributed by atoms with Gasteiger partial charge in [0.15, 0.2) is 0 Å². The minimum absolute atomic E-state index is 0.0606. The lowest BCUT2D eigenvalue weighted by Crippen LogP contribution is -2.29. The van der Waals surface area contributed by atoms with E-state index in [0.717, 1.165) is 30.4 Å². The van der Waals surface area contributed by atoms with Crippen LogP contribution >= 0.6 is 0 Å². The molecule has 0 bridgehead atoms. The van der Waals surface area contributed by atoms with Crippen molar-refractivity contribution in [1.29, 1.82) is 0 Å². The van der Waals surface area contributed by atoms with Gasteiger partial charge >= 0.3 is 0 Å². The van der Waals surface area contributed by atoms with Crippen molar-refractivity contribution in [1.82, 2.24) is 9.55 Å². The second-order valence-electron chi connectivity index (χ2n) is 9.16. The summed E-state index contributed by atoms with van der Waals surface area (Å²) in [6.07, 6.45) is 5.25. The molecule has 5 nitrogen and oxygen atoms in total. The van der Waals surface area contributed by atoms with Gasteiger partial charge in [-0.05, 0) is 60.1 Å². The molecule has 0 saturated carbocycles. The number of hydrogen-bond acceptors (Lipinski definition) is 4. The van der Waals surface area contributed by atoms with E-state index in [1.54, 1.807) is 4.57 Å². The lowest BCUT2D eigenvalue weighted by Gasteiger charge is -2.17. The molecule has 1 aromatic heterocycles. The first-order valence-corrected chi connectivity index (χ1v) is 12.2. The molecule has 0 spiro atoms. The number of rotatable bonds is 7. The molecule has 1 aliphatic rings. The highest BCUT2D eigenvalue weighted by molar-refractivity contribution is 5.84. The van der Waals surface area contributed by atoms with Crippen molar-refractivity contribution in [3.05, 3.63) is 94.3 Å². The topological polar surface area (TPSA) is 70.1 Å². The van der Waals surface area contributed by atoms with Crippen LogP contribution in [-0.4, -0.2) is 15.7 Å². The average molecular weight is 454 g/mol. The predicted molar refractivity (Wildman–Crippen MR) is 138 cm³/mol. The Balaban J connectivity index is 1.39. The van der Waals surface area contributed by atoms with Gasteiger partial charge in [-0.15, -0.1) is 0 Å². The van der Waals surface area contributed by atoms with Crippen LogP contribution in [0.3, 0.4) is 0 Å². The Morgan fingerprint density at radius 2 is 1.82 bits per heavy atom. The maximum Gasteiger partial charge on any atom is 0.262 e. The number of hydrogen-bond donors (Lipinski definition) is 1. The molecular formula is C29H31N3O2. The predicted octanol–water partition coefficient (Wildman–Crippen LogP) is 5.91. The van der Waals surface area contributed by atoms with Crippen molar-refractivity contribution in [2.75, 3.05) is 5.73 Å². The summed E-state index contributed by atoms with van der Waals surface area (Å²) >= 11 is 0. The second-order valence-corrected chi connectivity index (χ2v) is 9.16. The molecule has 0 aliphatic carbocycles. The third-order valence-electron chi connectivity index (χ3n) is 6.73. The van der Waals surface area contributed by atoms with E-state index in [1.165, 1.54) is 24.0 Å². The van der Waals surface area contributed by atoms with Crippen LogP contribution in [0.4, 0.5) is 5.95 Å². The average Bonchev–Trinajstić information content (AvgIpc) is 3.34. The first-order valence-electron chi connectivity index (χ1n) is 12.2. The molecule has 1 saturated heterocycles. The normalized spacial score (nSPS) is 17.9. The Morgan fingerprint density at radius 3 is 2.65 bits per heavy atom. The minimum Gasteiger partial charge on any atom is -0.369 e. The van der Waals surface area contributed by atoms with E-state index in [-0.39, 0.29) is 23.7 Å². The zero-order chi connectivity index (χ0) is 23.5. The molecular weight excluding hydrogens is 422 g/mol. The maximum absolute atomic E-state index is 13.3. The number of nitrogens with two attached hydrogens (primary N) is 1. The summed E-state index contributed by atoms with van der Waals surface area (Å²) in [6, 6.07) is 24.7. The number of benzene rings is 3. The van der Waals surface area contributed by atoms with Gasteiger partial charge < -0.3 is 10.5 Å². The van der Waals surface area contributed by atoms with Crippen molar-refractivity contribution in [2.24, 2.45) is 0 Å². The summed E-state index contributed by atoms with van der Waals surface area (Å²) in [7, 11) is 0. The second kappa shape index (κ2) is 9.82. The molecule has 2 N–H and O–H groups in total. The molecule has 2 atom stereocenters. The van der Waals surface area contributed by atoms with Gasteiger partial charge in [-0.2, -0.15) is 0 Å². The van der Waals surface area contributed by atoms with Gasteiger partial charge in [0.1, 0.15) is 0 Å². The van der Waals surface area contributed by atoms with E-state index in [2.05, 4.69) is 48.3 Å². The van der Waals surface area contributed by atoms with Crippen molar-refractivity contribution in [3.8, 4) is 11.1 Å². The van der Waals surface area contributed by atoms with E-state index < -0.39 is 0 Å². The van der Waals surface area contributed by atoms with Crippen LogP contribution in [0.1, 0.15) is 49.8 Å². The molecule has 0 radical (unpaired) electrons. The van der Waals surface area contributed by atoms with Crippen LogP contribution < -0.4 is 11.3 Å². The van der Waals surface area contributed by atoms with E-state index in [4.69, 9.17) is 10.5 Å². The summed E-state index contributed by atoms with van der Waals surface area (Å²) in [5, 5.41) is 0.581. The van der Waals surface area contributed by atoms with Gasteiger partial charge in [0.2, 0.25) is 5.95 Å². The molecule has 5 heteroatoms. The number of fused-ring (bicyclic) bond motifs is 1. The van der Waals surface area contributed by atoms with Crippen molar-refractivity contribution >= 4 is 16.9 Å². The van der Waals surface area contributed by atoms with E-state index in [1.807, 2.05) is 36.4 Å². The molecule has 34 heavy (non-hydrogen) atoms. The van der Waals surface area contributed by atoms with E-state index in [0.29, 0.717) is 17.4 Å². The van der Waals surface area contributed by atoms with Crippen LogP contribution in [0, 0.1) is 0 Å². The Labute approximate surface area is 200 Å². The summed E-state index contributed by atoms with van der Waals surface area (Å²) < 4.78 is 7.81. The number of unbranched alkanes of at least 4 members (excludes halogenated alkanes) is 1. The fourth-order valence-electron chi connectivity index (χ4n) is 4.84. The highest BCUT2D eigenvalue weighted by Gasteiger charge is 2.27. The summed E-state index contributed by atoms with van der Waals surface area (Å²) in [5.74, 6) is 0.234. The number of anilines is 1. The summed E-state index contributed by atoms with van der Waals surface area (Å²) in [5.41, 5.74) is 11.5. The molecule has 1 aliphatic heterocycles. The number of nitrogens with zero attached hydrogens (tertiary/aromatic N) is 2. The molecule has 1 fully saturated rings. The van der Waals surface area contributed by atoms with E-state index >= 15 is 0 Å². The highest BCUT2D eigenvalue weighted by Crippen LogP contribution is 2.33. The summed E-state index contributed by atoms with van der Waals surface area (Å²) in [4.78, 5) is 17.9. The van der Waals surface area contributed by atoms with Crippen LogP contribution in [0.5, 0.6) is 0 Å². The van der Waals surface area contributed by atoms with Gasteiger partial charge in [0.05, 0.1) is 29.7 Å². The largest absolute Gasteiger partial charge is 0.369 e. The zero-order valence-electron chi connectivity index (χ0n) is 19.6. The zero-order valence-corrected chi connectivity index (χ0v) is 19.6. The molecule has 174 valence electrons. The van der Waals surface area contributed by atoms with Crippen LogP contribution in [-0.2, 0) is 17.7 Å². The fraction of sp³-hybridized carbons (Fsp3) is 0.310. The van der Waals surface area contributed by atoms with Gasteiger partial charge in [-0.1, -0.05) is 74.0 Å². The highest BCUT2D eigenvalue weighted by atomic mass is 16.5. The van der Waals surface area contributed by atoms with E-state index in [9.17, 15) is 4.79 Å². The van der Waals surface area contributed by atoms with Gasteiger partial charge in [-0.3, -0.25) is 9.36 Å². The van der Waals surface area contributed by atoms with Gasteiger partial charge in [-0.25, -0.2) is 4.98 Å². The number of nitrogen functional groups attached to an aromatic ring is 1. The molecule has 0 unspecified atom stereocenters. The number of ether oxygens (including phenoxy) is 1. The number of aryl methyl sites for hydroxylation is 1. The maximum atomic E-state index is 13.3. The Hall–Kier alpha value is -3.44. The molecule has 0 amide bonds. The lowest BCUT2D eigenvalue weighted by molar-refractivity contribution is 0.0348. The van der Waals surface area contributed by atoms with Crippen LogP contribution in [0.2, 0.25) is 0 Å².